The maximum atomic E-state index is 13.1. The molecule has 9 nitrogen and oxygen atoms in total. The van der Waals surface area contributed by atoms with Gasteiger partial charge < -0.3 is 4.57 Å². The predicted octanol–water partition coefficient (Wildman–Crippen LogP) is 2.05. The Morgan fingerprint density at radius 3 is 2.86 bits per heavy atom. The molecule has 0 amide bonds. The van der Waals surface area contributed by atoms with Crippen molar-refractivity contribution in [1.29, 1.82) is 0 Å². The number of rotatable bonds is 4. The minimum atomic E-state index is -0.233. The van der Waals surface area contributed by atoms with Gasteiger partial charge in [-0.15, -0.1) is 11.3 Å². The molecule has 5 aromatic rings. The van der Waals surface area contributed by atoms with Crippen LogP contribution in [-0.4, -0.2) is 40.3 Å². The number of carbonyl (C=O) groups excluding carboxylic acids is 1. The minimum absolute atomic E-state index is 0.222. The van der Waals surface area contributed by atoms with E-state index in [0.717, 1.165) is 16.1 Å². The Morgan fingerprint density at radius 2 is 2.10 bits per heavy atom. The molecule has 0 aliphatic carbocycles. The van der Waals surface area contributed by atoms with Crippen LogP contribution in [0.5, 0.6) is 0 Å². The molecule has 0 aromatic carbocycles. The van der Waals surface area contributed by atoms with Crippen molar-refractivity contribution in [2.45, 2.75) is 13.5 Å². The monoisotopic (exact) mass is 405 g/mol. The van der Waals surface area contributed by atoms with Gasteiger partial charge in [0.2, 0.25) is 5.78 Å². The first-order chi connectivity index (χ1) is 14.0. The van der Waals surface area contributed by atoms with E-state index in [1.54, 1.807) is 23.9 Å². The number of nitrogens with one attached hydrogen (secondary N) is 1. The van der Waals surface area contributed by atoms with Crippen LogP contribution >= 0.6 is 11.3 Å². The molecule has 29 heavy (non-hydrogen) atoms. The molecular weight excluding hydrogens is 390 g/mol. The normalized spacial score (nSPS) is 11.5. The molecular formula is C19H15N7O2S. The quantitative estimate of drug-likeness (QED) is 0.458. The van der Waals surface area contributed by atoms with Gasteiger partial charge in [-0.05, 0) is 25.1 Å². The molecule has 0 atom stereocenters. The summed E-state index contributed by atoms with van der Waals surface area (Å²) >= 11 is 1.24. The summed E-state index contributed by atoms with van der Waals surface area (Å²) in [5, 5.41) is 11.8. The Labute approximate surface area is 167 Å². The van der Waals surface area contributed by atoms with Gasteiger partial charge in [0.1, 0.15) is 11.2 Å². The van der Waals surface area contributed by atoms with Gasteiger partial charge >= 0.3 is 0 Å². The molecule has 0 aliphatic rings. The van der Waals surface area contributed by atoms with Gasteiger partial charge in [0.05, 0.1) is 23.1 Å². The van der Waals surface area contributed by atoms with Gasteiger partial charge in [-0.1, -0.05) is 6.07 Å². The van der Waals surface area contributed by atoms with Gasteiger partial charge in [0.15, 0.2) is 10.7 Å². The summed E-state index contributed by atoms with van der Waals surface area (Å²) in [6.07, 6.45) is 3.17. The van der Waals surface area contributed by atoms with Gasteiger partial charge in [-0.2, -0.15) is 10.2 Å². The third-order valence-corrected chi connectivity index (χ3v) is 5.80. The van der Waals surface area contributed by atoms with Crippen molar-refractivity contribution in [3.8, 4) is 0 Å². The summed E-state index contributed by atoms with van der Waals surface area (Å²) in [5.41, 5.74) is 2.88. The first-order valence-electron chi connectivity index (χ1n) is 8.84. The molecule has 0 fully saturated rings. The number of pyridine rings is 1. The Bertz CT molecular complexity index is 1440. The highest BCUT2D eigenvalue weighted by atomic mass is 32.1. The van der Waals surface area contributed by atoms with E-state index in [1.165, 1.54) is 22.2 Å². The standard InChI is InChI=1S/C19H15N7O2S/c1-10-4-3-5-11(22-10)9-26-19(28)14-12(8-21-26)16-17(25(14)2)23-18(29-16)15(27)13-6-7-20-24-13/h3-8H,9H2,1-2H3,(H,20,24). The van der Waals surface area contributed by atoms with Crippen LogP contribution in [0.4, 0.5) is 0 Å². The van der Waals surface area contributed by atoms with Crippen LogP contribution in [0.25, 0.3) is 21.3 Å². The topological polar surface area (TPSA) is 111 Å². The maximum absolute atomic E-state index is 13.1. The summed E-state index contributed by atoms with van der Waals surface area (Å²) in [7, 11) is 1.77. The van der Waals surface area contributed by atoms with Gasteiger partial charge in [-0.25, -0.2) is 9.67 Å². The van der Waals surface area contributed by atoms with Crippen molar-refractivity contribution in [2.75, 3.05) is 0 Å². The van der Waals surface area contributed by atoms with E-state index in [-0.39, 0.29) is 17.9 Å². The highest BCUT2D eigenvalue weighted by Gasteiger charge is 2.22. The number of fused-ring (bicyclic) bond motifs is 3. The Hall–Kier alpha value is -3.66. The largest absolute Gasteiger partial charge is 0.323 e. The number of aromatic nitrogens is 7. The number of aryl methyl sites for hydroxylation is 2. The van der Waals surface area contributed by atoms with Crippen molar-refractivity contribution in [2.24, 2.45) is 7.05 Å². The van der Waals surface area contributed by atoms with Crippen molar-refractivity contribution >= 4 is 38.4 Å². The van der Waals surface area contributed by atoms with Crippen LogP contribution < -0.4 is 5.56 Å². The molecule has 0 aliphatic heterocycles. The van der Waals surface area contributed by atoms with Crippen molar-refractivity contribution in [1.82, 2.24) is 34.5 Å². The molecule has 0 saturated carbocycles. The second kappa shape index (κ2) is 6.45. The Kier molecular flexibility index (Phi) is 3.88. The second-order valence-corrected chi connectivity index (χ2v) is 7.67. The third kappa shape index (κ3) is 2.76. The number of hydrogen-bond donors (Lipinski definition) is 1. The van der Waals surface area contributed by atoms with Crippen LogP contribution in [0.2, 0.25) is 0 Å². The molecule has 1 N–H and O–H groups in total. The predicted molar refractivity (Wildman–Crippen MR) is 108 cm³/mol. The van der Waals surface area contributed by atoms with Crippen LogP contribution in [-0.2, 0) is 13.6 Å². The lowest BCUT2D eigenvalue weighted by Crippen LogP contribution is -2.25. The van der Waals surface area contributed by atoms with Crippen LogP contribution in [0.15, 0.2) is 41.5 Å². The van der Waals surface area contributed by atoms with Gasteiger partial charge in [-0.3, -0.25) is 19.7 Å². The molecule has 0 unspecified atom stereocenters. The van der Waals surface area contributed by atoms with E-state index >= 15 is 0 Å². The fourth-order valence-electron chi connectivity index (χ4n) is 3.34. The van der Waals surface area contributed by atoms with E-state index in [4.69, 9.17) is 0 Å². The number of thiazole rings is 1. The summed E-state index contributed by atoms with van der Waals surface area (Å²) in [5.74, 6) is -0.233. The zero-order valence-corrected chi connectivity index (χ0v) is 16.4. The zero-order chi connectivity index (χ0) is 20.1. The van der Waals surface area contributed by atoms with E-state index in [0.29, 0.717) is 27.3 Å². The molecule has 0 saturated heterocycles. The first-order valence-corrected chi connectivity index (χ1v) is 9.66. The molecule has 0 radical (unpaired) electrons. The smallest absolute Gasteiger partial charge is 0.291 e. The first kappa shape index (κ1) is 17.4. The van der Waals surface area contributed by atoms with Crippen molar-refractivity contribution < 1.29 is 4.79 Å². The summed E-state index contributed by atoms with van der Waals surface area (Å²) < 4.78 is 3.87. The summed E-state index contributed by atoms with van der Waals surface area (Å²) in [6.45, 7) is 2.19. The van der Waals surface area contributed by atoms with Crippen LogP contribution in [0.1, 0.15) is 26.9 Å². The lowest BCUT2D eigenvalue weighted by atomic mass is 10.3. The van der Waals surface area contributed by atoms with Crippen molar-refractivity contribution in [3.05, 3.63) is 69.1 Å². The fourth-order valence-corrected chi connectivity index (χ4v) is 4.40. The third-order valence-electron chi connectivity index (χ3n) is 4.72. The number of ketones is 1. The van der Waals surface area contributed by atoms with Crippen LogP contribution in [0, 0.1) is 6.92 Å². The maximum Gasteiger partial charge on any atom is 0.291 e. The minimum Gasteiger partial charge on any atom is -0.323 e. The van der Waals surface area contributed by atoms with E-state index < -0.39 is 0 Å². The Balaban J connectivity index is 1.62. The van der Waals surface area contributed by atoms with Gasteiger partial charge in [0.25, 0.3) is 5.56 Å². The summed E-state index contributed by atoms with van der Waals surface area (Å²) in [4.78, 5) is 34.5. The van der Waals surface area contributed by atoms with E-state index in [2.05, 4.69) is 25.3 Å². The molecule has 5 heterocycles. The number of H-pyrrole nitrogens is 1. The van der Waals surface area contributed by atoms with Crippen molar-refractivity contribution in [3.63, 3.8) is 0 Å². The average Bonchev–Trinajstić information content (AvgIpc) is 3.42. The van der Waals surface area contributed by atoms with Gasteiger partial charge in [0, 0.05) is 24.3 Å². The highest BCUT2D eigenvalue weighted by molar-refractivity contribution is 7.21. The second-order valence-electron chi connectivity index (χ2n) is 6.67. The number of nitrogens with zero attached hydrogens (tertiary/aromatic N) is 6. The molecule has 0 spiro atoms. The number of hydrogen-bond acceptors (Lipinski definition) is 7. The Morgan fingerprint density at radius 1 is 1.24 bits per heavy atom. The van der Waals surface area contributed by atoms with Crippen LogP contribution in [0.3, 0.4) is 0 Å². The fraction of sp³-hybridized carbons (Fsp3) is 0.158. The molecule has 144 valence electrons. The summed E-state index contributed by atoms with van der Waals surface area (Å²) in [6, 6.07) is 7.28. The molecule has 0 bridgehead atoms. The van der Waals surface area contributed by atoms with E-state index in [9.17, 15) is 9.59 Å². The molecule has 10 heteroatoms. The lowest BCUT2D eigenvalue weighted by molar-refractivity contribution is 0.103. The average molecular weight is 405 g/mol. The highest BCUT2D eigenvalue weighted by Crippen LogP contribution is 2.31. The SMILES string of the molecule is Cc1cccc(Cn2ncc3c4sc(C(=O)c5ccn[nH]5)nc4n(C)c3c2=O)n1. The van der Waals surface area contributed by atoms with E-state index in [1.807, 2.05) is 25.1 Å². The number of aromatic amines is 1. The zero-order valence-electron chi connectivity index (χ0n) is 15.6. The molecule has 5 rings (SSSR count). The number of carbonyl (C=O) groups is 1. The lowest BCUT2D eigenvalue weighted by Gasteiger charge is -2.06. The molecule has 5 aromatic heterocycles.